The van der Waals surface area contributed by atoms with Gasteiger partial charge in [0.1, 0.15) is 0 Å². The Morgan fingerprint density at radius 3 is 2.93 bits per heavy atom. The molecule has 2 heteroatoms. The van der Waals surface area contributed by atoms with Crippen molar-refractivity contribution in [3.8, 4) is 0 Å². The monoisotopic (exact) mass is 196 g/mol. The fourth-order valence-electron chi connectivity index (χ4n) is 3.02. The molecular formula is C12H24N2. The van der Waals surface area contributed by atoms with Gasteiger partial charge in [-0.1, -0.05) is 13.8 Å². The molecule has 0 aromatic carbocycles. The van der Waals surface area contributed by atoms with E-state index in [-0.39, 0.29) is 0 Å². The third-order valence-electron chi connectivity index (χ3n) is 3.70. The number of fused-ring (bicyclic) bond motifs is 1. The standard InChI is InChI=1S/C12H24N2/c1-10(2)8-14-6-4-11-3-5-13-7-12(11)9-14/h10-13H,3-9H2,1-2H3. The third-order valence-corrected chi connectivity index (χ3v) is 3.70. The molecule has 2 unspecified atom stereocenters. The summed E-state index contributed by atoms with van der Waals surface area (Å²) in [4.78, 5) is 2.67. The van der Waals surface area contributed by atoms with Crippen molar-refractivity contribution in [2.24, 2.45) is 17.8 Å². The summed E-state index contributed by atoms with van der Waals surface area (Å²) in [5.74, 6) is 2.79. The maximum atomic E-state index is 3.53. The molecule has 2 heterocycles. The Bertz CT molecular complexity index is 179. The Hall–Kier alpha value is -0.0800. The van der Waals surface area contributed by atoms with Gasteiger partial charge in [0.2, 0.25) is 0 Å². The molecule has 2 aliphatic heterocycles. The highest BCUT2D eigenvalue weighted by Gasteiger charge is 2.30. The molecule has 14 heavy (non-hydrogen) atoms. The fourth-order valence-corrected chi connectivity index (χ4v) is 3.02. The number of piperidine rings is 2. The van der Waals surface area contributed by atoms with Gasteiger partial charge in [0.15, 0.2) is 0 Å². The summed E-state index contributed by atoms with van der Waals surface area (Å²) in [5.41, 5.74) is 0. The summed E-state index contributed by atoms with van der Waals surface area (Å²) in [7, 11) is 0. The van der Waals surface area contributed by atoms with Crippen LogP contribution in [-0.4, -0.2) is 37.6 Å². The number of likely N-dealkylation sites (tertiary alicyclic amines) is 1. The van der Waals surface area contributed by atoms with E-state index in [1.54, 1.807) is 0 Å². The molecule has 0 aromatic heterocycles. The van der Waals surface area contributed by atoms with Gasteiger partial charge in [-0.15, -0.1) is 0 Å². The number of hydrogen-bond donors (Lipinski definition) is 1. The van der Waals surface area contributed by atoms with Crippen LogP contribution in [0.3, 0.4) is 0 Å². The summed E-state index contributed by atoms with van der Waals surface area (Å²) in [6, 6.07) is 0. The summed E-state index contributed by atoms with van der Waals surface area (Å²) < 4.78 is 0. The van der Waals surface area contributed by atoms with Gasteiger partial charge < -0.3 is 10.2 Å². The minimum Gasteiger partial charge on any atom is -0.316 e. The first-order valence-electron chi connectivity index (χ1n) is 6.19. The van der Waals surface area contributed by atoms with Crippen LogP contribution in [0, 0.1) is 17.8 Å². The van der Waals surface area contributed by atoms with Crippen LogP contribution in [0.25, 0.3) is 0 Å². The second-order valence-corrected chi connectivity index (χ2v) is 5.46. The maximum absolute atomic E-state index is 3.53. The molecule has 0 saturated carbocycles. The predicted molar refractivity (Wildman–Crippen MR) is 60.4 cm³/mol. The van der Waals surface area contributed by atoms with Gasteiger partial charge >= 0.3 is 0 Å². The van der Waals surface area contributed by atoms with Crippen LogP contribution in [0.1, 0.15) is 26.7 Å². The molecule has 82 valence electrons. The van der Waals surface area contributed by atoms with Crippen molar-refractivity contribution in [2.75, 3.05) is 32.7 Å². The lowest BCUT2D eigenvalue weighted by Gasteiger charge is -2.42. The van der Waals surface area contributed by atoms with Crippen molar-refractivity contribution in [2.45, 2.75) is 26.7 Å². The minimum atomic E-state index is 0.822. The molecule has 2 fully saturated rings. The van der Waals surface area contributed by atoms with Gasteiger partial charge in [0.05, 0.1) is 0 Å². The van der Waals surface area contributed by atoms with Crippen molar-refractivity contribution >= 4 is 0 Å². The zero-order chi connectivity index (χ0) is 9.97. The van der Waals surface area contributed by atoms with Gasteiger partial charge in [-0.25, -0.2) is 0 Å². The smallest absolute Gasteiger partial charge is 0.00246 e. The Morgan fingerprint density at radius 2 is 2.14 bits per heavy atom. The first kappa shape index (κ1) is 10.4. The van der Waals surface area contributed by atoms with E-state index in [4.69, 9.17) is 0 Å². The largest absolute Gasteiger partial charge is 0.316 e. The molecule has 2 nitrogen and oxygen atoms in total. The van der Waals surface area contributed by atoms with Gasteiger partial charge in [-0.05, 0) is 50.2 Å². The topological polar surface area (TPSA) is 15.3 Å². The molecule has 0 aliphatic carbocycles. The van der Waals surface area contributed by atoms with E-state index >= 15 is 0 Å². The number of hydrogen-bond acceptors (Lipinski definition) is 2. The summed E-state index contributed by atoms with van der Waals surface area (Å²) in [6.07, 6.45) is 2.86. The molecular weight excluding hydrogens is 172 g/mol. The molecule has 2 rings (SSSR count). The molecule has 2 aliphatic rings. The molecule has 2 atom stereocenters. The summed E-state index contributed by atoms with van der Waals surface area (Å²) in [6.45, 7) is 11.2. The van der Waals surface area contributed by atoms with E-state index in [0.717, 1.165) is 17.8 Å². The molecule has 0 spiro atoms. The normalized spacial score (nSPS) is 34.5. The van der Waals surface area contributed by atoms with Crippen LogP contribution in [-0.2, 0) is 0 Å². The van der Waals surface area contributed by atoms with Crippen LogP contribution >= 0.6 is 0 Å². The molecule has 0 bridgehead atoms. The van der Waals surface area contributed by atoms with Crippen molar-refractivity contribution in [3.05, 3.63) is 0 Å². The van der Waals surface area contributed by atoms with E-state index < -0.39 is 0 Å². The molecule has 1 N–H and O–H groups in total. The Kier molecular flexibility index (Phi) is 3.45. The van der Waals surface area contributed by atoms with Gasteiger partial charge in [0.25, 0.3) is 0 Å². The average Bonchev–Trinajstić information content (AvgIpc) is 2.17. The van der Waals surface area contributed by atoms with Gasteiger partial charge in [-0.3, -0.25) is 0 Å². The third kappa shape index (κ3) is 2.48. The minimum absolute atomic E-state index is 0.822. The van der Waals surface area contributed by atoms with Gasteiger partial charge in [0, 0.05) is 13.1 Å². The predicted octanol–water partition coefficient (Wildman–Crippen LogP) is 1.57. The molecule has 0 aromatic rings. The molecule has 2 saturated heterocycles. The summed E-state index contributed by atoms with van der Waals surface area (Å²) >= 11 is 0. The van der Waals surface area contributed by atoms with Gasteiger partial charge in [-0.2, -0.15) is 0 Å². The zero-order valence-corrected chi connectivity index (χ0v) is 9.63. The van der Waals surface area contributed by atoms with Crippen LogP contribution in [0.5, 0.6) is 0 Å². The lowest BCUT2D eigenvalue weighted by atomic mass is 9.81. The Labute approximate surface area is 88.1 Å². The first-order chi connectivity index (χ1) is 6.75. The van der Waals surface area contributed by atoms with Crippen LogP contribution in [0.4, 0.5) is 0 Å². The first-order valence-corrected chi connectivity index (χ1v) is 6.19. The van der Waals surface area contributed by atoms with Crippen molar-refractivity contribution in [3.63, 3.8) is 0 Å². The van der Waals surface area contributed by atoms with Crippen LogP contribution in [0.15, 0.2) is 0 Å². The van der Waals surface area contributed by atoms with Crippen molar-refractivity contribution in [1.29, 1.82) is 0 Å². The second-order valence-electron chi connectivity index (χ2n) is 5.46. The number of rotatable bonds is 2. The Balaban J connectivity index is 1.83. The second kappa shape index (κ2) is 4.63. The van der Waals surface area contributed by atoms with Crippen molar-refractivity contribution in [1.82, 2.24) is 10.2 Å². The van der Waals surface area contributed by atoms with Crippen molar-refractivity contribution < 1.29 is 0 Å². The molecule has 0 radical (unpaired) electrons. The van der Waals surface area contributed by atoms with E-state index in [2.05, 4.69) is 24.1 Å². The summed E-state index contributed by atoms with van der Waals surface area (Å²) in [5, 5.41) is 3.53. The number of nitrogens with one attached hydrogen (secondary N) is 1. The maximum Gasteiger partial charge on any atom is 0.00246 e. The zero-order valence-electron chi connectivity index (χ0n) is 9.63. The quantitative estimate of drug-likeness (QED) is 0.721. The molecule has 0 amide bonds. The van der Waals surface area contributed by atoms with Crippen LogP contribution < -0.4 is 5.32 Å². The number of nitrogens with zero attached hydrogens (tertiary/aromatic N) is 1. The highest BCUT2D eigenvalue weighted by atomic mass is 15.1. The van der Waals surface area contributed by atoms with E-state index in [1.165, 1.54) is 45.6 Å². The van der Waals surface area contributed by atoms with E-state index in [9.17, 15) is 0 Å². The Morgan fingerprint density at radius 1 is 1.29 bits per heavy atom. The highest BCUT2D eigenvalue weighted by Crippen LogP contribution is 2.28. The fraction of sp³-hybridized carbons (Fsp3) is 1.00. The van der Waals surface area contributed by atoms with E-state index in [1.807, 2.05) is 0 Å². The lowest BCUT2D eigenvalue weighted by Crippen LogP contribution is -2.49. The van der Waals surface area contributed by atoms with Crippen LogP contribution in [0.2, 0.25) is 0 Å². The van der Waals surface area contributed by atoms with E-state index in [0.29, 0.717) is 0 Å². The average molecular weight is 196 g/mol. The lowest BCUT2D eigenvalue weighted by molar-refractivity contribution is 0.0876. The SMILES string of the molecule is CC(C)CN1CCC2CCNCC2C1. The highest BCUT2D eigenvalue weighted by molar-refractivity contribution is 4.85.